The van der Waals surface area contributed by atoms with Crippen molar-refractivity contribution in [2.45, 2.75) is 6.92 Å². The van der Waals surface area contributed by atoms with Gasteiger partial charge in [-0.3, -0.25) is 4.79 Å². The zero-order chi connectivity index (χ0) is 9.84. The van der Waals surface area contributed by atoms with Crippen LogP contribution in [0.1, 0.15) is 17.3 Å². The molecule has 0 aliphatic rings. The molecule has 1 rings (SSSR count). The highest BCUT2D eigenvalue weighted by atomic mass is 35.5. The molecule has 0 aromatic carbocycles. The molecule has 0 unspecified atom stereocenters. The van der Waals surface area contributed by atoms with Gasteiger partial charge < -0.3 is 4.90 Å². The maximum Gasteiger partial charge on any atom is 0.256 e. The summed E-state index contributed by atoms with van der Waals surface area (Å²) in [4.78, 5) is 17.0. The molecule has 0 aliphatic carbocycles. The molecule has 13 heavy (non-hydrogen) atoms. The lowest BCUT2D eigenvalue weighted by molar-refractivity contribution is 0.0802. The first kappa shape index (κ1) is 9.99. The second kappa shape index (κ2) is 4.23. The van der Waals surface area contributed by atoms with E-state index in [0.717, 1.165) is 0 Å². The Balaban J connectivity index is 2.95. The van der Waals surface area contributed by atoms with Gasteiger partial charge in [0.1, 0.15) is 5.15 Å². The summed E-state index contributed by atoms with van der Waals surface area (Å²) < 4.78 is 0. The molecule has 1 aromatic heterocycles. The highest BCUT2D eigenvalue weighted by Crippen LogP contribution is 2.13. The Morgan fingerprint density at radius 1 is 1.69 bits per heavy atom. The Labute approximate surface area is 82.3 Å². The van der Waals surface area contributed by atoms with Crippen molar-refractivity contribution < 1.29 is 4.79 Å². The van der Waals surface area contributed by atoms with Gasteiger partial charge in [-0.25, -0.2) is 4.98 Å². The molecule has 4 heteroatoms. The molecule has 1 heterocycles. The fourth-order valence-electron chi connectivity index (χ4n) is 0.895. The number of amides is 1. The first-order valence-electron chi connectivity index (χ1n) is 4.02. The summed E-state index contributed by atoms with van der Waals surface area (Å²) in [6.45, 7) is 2.56. The Morgan fingerprint density at radius 3 is 2.92 bits per heavy atom. The van der Waals surface area contributed by atoms with E-state index in [1.54, 1.807) is 30.3 Å². The van der Waals surface area contributed by atoms with Crippen molar-refractivity contribution in [1.82, 2.24) is 9.88 Å². The number of carbonyl (C=O) groups is 1. The van der Waals surface area contributed by atoms with Crippen LogP contribution in [-0.2, 0) is 0 Å². The Bertz CT molecular complexity index is 314. The molecule has 0 aliphatic heterocycles. The van der Waals surface area contributed by atoms with Crippen molar-refractivity contribution in [2.24, 2.45) is 0 Å². The maximum absolute atomic E-state index is 11.6. The van der Waals surface area contributed by atoms with Crippen LogP contribution in [0.4, 0.5) is 0 Å². The zero-order valence-electron chi connectivity index (χ0n) is 7.62. The van der Waals surface area contributed by atoms with Gasteiger partial charge in [-0.05, 0) is 19.1 Å². The fraction of sp³-hybridized carbons (Fsp3) is 0.333. The third kappa shape index (κ3) is 2.18. The SMILES string of the molecule is CCN(C)C(=O)c1cccnc1Cl. The topological polar surface area (TPSA) is 33.2 Å². The summed E-state index contributed by atoms with van der Waals surface area (Å²) in [6.07, 6.45) is 1.56. The average Bonchev–Trinajstić information content (AvgIpc) is 2.16. The molecule has 70 valence electrons. The van der Waals surface area contributed by atoms with Crippen LogP contribution >= 0.6 is 11.6 Å². The number of halogens is 1. The van der Waals surface area contributed by atoms with Crippen LogP contribution in [0.3, 0.4) is 0 Å². The zero-order valence-corrected chi connectivity index (χ0v) is 8.38. The van der Waals surface area contributed by atoms with Gasteiger partial charge in [0, 0.05) is 19.8 Å². The van der Waals surface area contributed by atoms with Crippen LogP contribution < -0.4 is 0 Å². The molecule has 0 N–H and O–H groups in total. The second-order valence-electron chi connectivity index (χ2n) is 2.66. The predicted molar refractivity (Wildman–Crippen MR) is 51.9 cm³/mol. The first-order valence-corrected chi connectivity index (χ1v) is 4.40. The quantitative estimate of drug-likeness (QED) is 0.680. The van der Waals surface area contributed by atoms with E-state index in [4.69, 9.17) is 11.6 Å². The van der Waals surface area contributed by atoms with Crippen LogP contribution in [0.5, 0.6) is 0 Å². The van der Waals surface area contributed by atoms with Crippen LogP contribution in [0.15, 0.2) is 18.3 Å². The third-order valence-electron chi connectivity index (χ3n) is 1.81. The van der Waals surface area contributed by atoms with E-state index in [1.807, 2.05) is 6.92 Å². The monoisotopic (exact) mass is 198 g/mol. The Kier molecular flexibility index (Phi) is 3.25. The minimum Gasteiger partial charge on any atom is -0.342 e. The smallest absolute Gasteiger partial charge is 0.256 e. The number of carbonyl (C=O) groups excluding carboxylic acids is 1. The van der Waals surface area contributed by atoms with Crippen molar-refractivity contribution in [2.75, 3.05) is 13.6 Å². The highest BCUT2D eigenvalue weighted by molar-refractivity contribution is 6.32. The molecule has 0 fully saturated rings. The van der Waals surface area contributed by atoms with Crippen molar-refractivity contribution in [3.63, 3.8) is 0 Å². The number of aromatic nitrogens is 1. The number of hydrogen-bond acceptors (Lipinski definition) is 2. The standard InChI is InChI=1S/C9H11ClN2O/c1-3-12(2)9(13)7-5-4-6-11-8(7)10/h4-6H,3H2,1-2H3. The summed E-state index contributed by atoms with van der Waals surface area (Å²) in [5, 5.41) is 0.257. The molecule has 0 spiro atoms. The minimum atomic E-state index is -0.0967. The van der Waals surface area contributed by atoms with Gasteiger partial charge in [0.25, 0.3) is 5.91 Å². The van der Waals surface area contributed by atoms with E-state index in [2.05, 4.69) is 4.98 Å². The molecule has 0 saturated carbocycles. The lowest BCUT2D eigenvalue weighted by atomic mass is 10.2. The van der Waals surface area contributed by atoms with Crippen molar-refractivity contribution >= 4 is 17.5 Å². The third-order valence-corrected chi connectivity index (χ3v) is 2.11. The van der Waals surface area contributed by atoms with Crippen molar-refractivity contribution in [3.8, 4) is 0 Å². The fourth-order valence-corrected chi connectivity index (χ4v) is 1.09. The van der Waals surface area contributed by atoms with Gasteiger partial charge in [-0.1, -0.05) is 11.6 Å². The Hall–Kier alpha value is -1.09. The summed E-state index contributed by atoms with van der Waals surface area (Å²) in [5.74, 6) is -0.0967. The second-order valence-corrected chi connectivity index (χ2v) is 3.02. The molecule has 0 radical (unpaired) electrons. The van der Waals surface area contributed by atoms with Crippen molar-refractivity contribution in [3.05, 3.63) is 29.0 Å². The van der Waals surface area contributed by atoms with Gasteiger partial charge in [0.2, 0.25) is 0 Å². The number of hydrogen-bond donors (Lipinski definition) is 0. The van der Waals surface area contributed by atoms with E-state index in [1.165, 1.54) is 0 Å². The minimum absolute atomic E-state index is 0.0967. The normalized spacial score (nSPS) is 9.77. The highest BCUT2D eigenvalue weighted by Gasteiger charge is 2.13. The van der Waals surface area contributed by atoms with Gasteiger partial charge in [0.05, 0.1) is 5.56 Å². The lowest BCUT2D eigenvalue weighted by Gasteiger charge is -2.14. The molecule has 1 amide bonds. The van der Waals surface area contributed by atoms with E-state index < -0.39 is 0 Å². The van der Waals surface area contributed by atoms with Crippen LogP contribution in [0.25, 0.3) is 0 Å². The van der Waals surface area contributed by atoms with Gasteiger partial charge in [-0.2, -0.15) is 0 Å². The number of nitrogens with zero attached hydrogens (tertiary/aromatic N) is 2. The maximum atomic E-state index is 11.6. The number of rotatable bonds is 2. The van der Waals surface area contributed by atoms with Crippen LogP contribution in [0.2, 0.25) is 5.15 Å². The van der Waals surface area contributed by atoms with E-state index >= 15 is 0 Å². The first-order chi connectivity index (χ1) is 6.16. The van der Waals surface area contributed by atoms with Crippen LogP contribution in [-0.4, -0.2) is 29.4 Å². The molecule has 3 nitrogen and oxygen atoms in total. The van der Waals surface area contributed by atoms with E-state index in [-0.39, 0.29) is 11.1 Å². The molecule has 0 bridgehead atoms. The summed E-state index contributed by atoms with van der Waals surface area (Å²) >= 11 is 5.76. The molecule has 0 saturated heterocycles. The summed E-state index contributed by atoms with van der Waals surface area (Å²) in [6, 6.07) is 3.37. The van der Waals surface area contributed by atoms with Gasteiger partial charge in [0.15, 0.2) is 0 Å². The molecular weight excluding hydrogens is 188 g/mol. The van der Waals surface area contributed by atoms with E-state index in [9.17, 15) is 4.79 Å². The lowest BCUT2D eigenvalue weighted by Crippen LogP contribution is -2.26. The predicted octanol–water partition coefficient (Wildman–Crippen LogP) is 1.83. The molecule has 1 aromatic rings. The summed E-state index contributed by atoms with van der Waals surface area (Å²) in [5.41, 5.74) is 0.452. The summed E-state index contributed by atoms with van der Waals surface area (Å²) in [7, 11) is 1.73. The average molecular weight is 199 g/mol. The molecular formula is C9H11ClN2O. The van der Waals surface area contributed by atoms with Gasteiger partial charge in [-0.15, -0.1) is 0 Å². The van der Waals surface area contributed by atoms with Crippen LogP contribution in [0, 0.1) is 0 Å². The van der Waals surface area contributed by atoms with Gasteiger partial charge >= 0.3 is 0 Å². The largest absolute Gasteiger partial charge is 0.342 e. The molecule has 0 atom stereocenters. The van der Waals surface area contributed by atoms with E-state index in [0.29, 0.717) is 12.1 Å². The Morgan fingerprint density at radius 2 is 2.38 bits per heavy atom. The number of pyridine rings is 1. The van der Waals surface area contributed by atoms with Crippen molar-refractivity contribution in [1.29, 1.82) is 0 Å².